The van der Waals surface area contributed by atoms with Crippen LogP contribution in [0.1, 0.15) is 49.5 Å². The number of hydrogen-bond donors (Lipinski definition) is 2. The van der Waals surface area contributed by atoms with E-state index in [1.807, 2.05) is 0 Å². The van der Waals surface area contributed by atoms with Gasteiger partial charge in [-0.05, 0) is 30.9 Å². The zero-order valence-corrected chi connectivity index (χ0v) is 15.7. The van der Waals surface area contributed by atoms with Gasteiger partial charge >= 0.3 is 5.97 Å². The maximum Gasteiger partial charge on any atom is 0.345 e. The van der Waals surface area contributed by atoms with Crippen molar-refractivity contribution in [2.45, 2.75) is 31.4 Å². The average Bonchev–Trinajstić information content (AvgIpc) is 3.31. The predicted octanol–water partition coefficient (Wildman–Crippen LogP) is 1.25. The number of nitrogens with zero attached hydrogens (tertiary/aromatic N) is 3. The predicted molar refractivity (Wildman–Crippen MR) is 94.8 cm³/mol. The highest BCUT2D eigenvalue weighted by molar-refractivity contribution is 7.14. The molecule has 10 heteroatoms. The summed E-state index contributed by atoms with van der Waals surface area (Å²) in [6.07, 6.45) is 2.31. The van der Waals surface area contributed by atoms with Crippen molar-refractivity contribution in [2.24, 2.45) is 0 Å². The van der Waals surface area contributed by atoms with Gasteiger partial charge in [-0.2, -0.15) is 4.98 Å². The SMILES string of the molecule is CNC(=O)c1noc(CN2CCC3(CC2)OCCc2cc(C(=O)O)sc23)n1. The Morgan fingerprint density at radius 1 is 1.41 bits per heavy atom. The Balaban J connectivity index is 1.44. The van der Waals surface area contributed by atoms with Crippen molar-refractivity contribution in [3.8, 4) is 0 Å². The second kappa shape index (κ2) is 7.02. The molecule has 2 aromatic rings. The lowest BCUT2D eigenvalue weighted by atomic mass is 9.85. The number of carbonyl (C=O) groups is 2. The minimum Gasteiger partial charge on any atom is -0.477 e. The quantitative estimate of drug-likeness (QED) is 0.798. The Labute approximate surface area is 159 Å². The van der Waals surface area contributed by atoms with Gasteiger partial charge in [0, 0.05) is 25.0 Å². The van der Waals surface area contributed by atoms with Crippen LogP contribution in [0.15, 0.2) is 10.6 Å². The Kier molecular flexibility index (Phi) is 4.70. The lowest BCUT2D eigenvalue weighted by Gasteiger charge is -2.43. The Hall–Kier alpha value is -2.30. The van der Waals surface area contributed by atoms with Crippen LogP contribution in [-0.4, -0.2) is 58.8 Å². The van der Waals surface area contributed by atoms with Crippen LogP contribution in [-0.2, 0) is 23.3 Å². The number of rotatable bonds is 4. The van der Waals surface area contributed by atoms with Crippen LogP contribution in [0.5, 0.6) is 0 Å². The first-order valence-corrected chi connectivity index (χ1v) is 9.60. The third kappa shape index (κ3) is 3.35. The summed E-state index contributed by atoms with van der Waals surface area (Å²) in [6.45, 7) is 2.61. The molecule has 2 aliphatic heterocycles. The highest BCUT2D eigenvalue weighted by Crippen LogP contribution is 2.45. The number of carboxylic acids is 1. The number of amides is 1. The standard InChI is InChI=1S/C17H20N4O5S/c1-18-15(22)14-19-12(26-20-14)9-21-5-3-17(4-6-21)13-10(2-7-25-17)8-11(27-13)16(23)24/h8H,2-7,9H2,1H3,(H,18,22)(H,23,24). The zero-order valence-electron chi connectivity index (χ0n) is 14.9. The number of aromatic carboxylic acids is 1. The molecule has 0 atom stereocenters. The summed E-state index contributed by atoms with van der Waals surface area (Å²) in [5, 5.41) is 15.4. The zero-order chi connectivity index (χ0) is 19.0. The Bertz CT molecular complexity index is 869. The molecule has 1 fully saturated rings. The molecule has 9 nitrogen and oxygen atoms in total. The summed E-state index contributed by atoms with van der Waals surface area (Å²) in [7, 11) is 1.52. The molecule has 27 heavy (non-hydrogen) atoms. The lowest BCUT2D eigenvalue weighted by molar-refractivity contribution is -0.0968. The van der Waals surface area contributed by atoms with Crippen LogP contribution in [0, 0.1) is 0 Å². The number of thiophene rings is 1. The van der Waals surface area contributed by atoms with Gasteiger partial charge in [0.25, 0.3) is 11.7 Å². The molecule has 1 spiro atoms. The Morgan fingerprint density at radius 2 is 2.19 bits per heavy atom. The molecule has 0 bridgehead atoms. The third-order valence-electron chi connectivity index (χ3n) is 5.10. The molecular formula is C17H20N4O5S. The first kappa shape index (κ1) is 18.1. The molecular weight excluding hydrogens is 372 g/mol. The number of fused-ring (bicyclic) bond motifs is 2. The number of carbonyl (C=O) groups excluding carboxylic acids is 1. The largest absolute Gasteiger partial charge is 0.477 e. The number of carboxylic acid groups (broad SMARTS) is 1. The molecule has 2 N–H and O–H groups in total. The van der Waals surface area contributed by atoms with Gasteiger partial charge < -0.3 is 19.7 Å². The topological polar surface area (TPSA) is 118 Å². The van der Waals surface area contributed by atoms with Crippen LogP contribution in [0.4, 0.5) is 0 Å². The van der Waals surface area contributed by atoms with E-state index >= 15 is 0 Å². The summed E-state index contributed by atoms with van der Waals surface area (Å²) in [5.41, 5.74) is 0.703. The van der Waals surface area contributed by atoms with E-state index in [-0.39, 0.29) is 11.7 Å². The minimum absolute atomic E-state index is 0.0287. The molecule has 0 aliphatic carbocycles. The summed E-state index contributed by atoms with van der Waals surface area (Å²) >= 11 is 1.33. The van der Waals surface area contributed by atoms with Gasteiger partial charge in [-0.15, -0.1) is 11.3 Å². The van der Waals surface area contributed by atoms with E-state index in [1.54, 1.807) is 6.07 Å². The van der Waals surface area contributed by atoms with Crippen molar-refractivity contribution in [1.82, 2.24) is 20.4 Å². The first-order chi connectivity index (χ1) is 13.0. The summed E-state index contributed by atoms with van der Waals surface area (Å²) in [5.74, 6) is -0.830. The first-order valence-electron chi connectivity index (χ1n) is 8.78. The summed E-state index contributed by atoms with van der Waals surface area (Å²) in [6, 6.07) is 1.79. The third-order valence-corrected chi connectivity index (χ3v) is 6.45. The van der Waals surface area contributed by atoms with Gasteiger partial charge in [0.05, 0.1) is 13.2 Å². The fourth-order valence-corrected chi connectivity index (χ4v) is 4.94. The van der Waals surface area contributed by atoms with Crippen molar-refractivity contribution in [2.75, 3.05) is 26.7 Å². The molecule has 4 heterocycles. The number of ether oxygens (including phenoxy) is 1. The van der Waals surface area contributed by atoms with Crippen molar-refractivity contribution in [1.29, 1.82) is 0 Å². The molecule has 1 amide bonds. The number of piperidine rings is 1. The average molecular weight is 392 g/mol. The molecule has 2 aliphatic rings. The fraction of sp³-hybridized carbons (Fsp3) is 0.529. The molecule has 0 saturated carbocycles. The van der Waals surface area contributed by atoms with Gasteiger partial charge in [-0.3, -0.25) is 9.69 Å². The molecule has 4 rings (SSSR count). The summed E-state index contributed by atoms with van der Waals surface area (Å²) in [4.78, 5) is 30.6. The number of hydrogen-bond acceptors (Lipinski definition) is 8. The van der Waals surface area contributed by atoms with E-state index in [0.29, 0.717) is 23.9 Å². The maximum absolute atomic E-state index is 11.5. The van der Waals surface area contributed by atoms with Crippen molar-refractivity contribution in [3.63, 3.8) is 0 Å². The molecule has 2 aromatic heterocycles. The van der Waals surface area contributed by atoms with Crippen LogP contribution < -0.4 is 5.32 Å². The fourth-order valence-electron chi connectivity index (χ4n) is 3.69. The van der Waals surface area contributed by atoms with Crippen molar-refractivity contribution in [3.05, 3.63) is 33.1 Å². The molecule has 1 saturated heterocycles. The number of aromatic nitrogens is 2. The van der Waals surface area contributed by atoms with Crippen LogP contribution >= 0.6 is 11.3 Å². The van der Waals surface area contributed by atoms with Gasteiger partial charge in [0.2, 0.25) is 5.89 Å². The normalized spacial score (nSPS) is 19.0. The van der Waals surface area contributed by atoms with Crippen LogP contribution in [0.3, 0.4) is 0 Å². The van der Waals surface area contributed by atoms with E-state index in [9.17, 15) is 14.7 Å². The minimum atomic E-state index is -0.884. The second-order valence-corrected chi connectivity index (χ2v) is 7.78. The number of nitrogens with one attached hydrogen (secondary N) is 1. The number of likely N-dealkylation sites (tertiary alicyclic amines) is 1. The molecule has 0 radical (unpaired) electrons. The monoisotopic (exact) mass is 392 g/mol. The van der Waals surface area contributed by atoms with Crippen LogP contribution in [0.25, 0.3) is 0 Å². The van der Waals surface area contributed by atoms with Crippen molar-refractivity contribution >= 4 is 23.2 Å². The van der Waals surface area contributed by atoms with E-state index in [2.05, 4.69) is 20.4 Å². The molecule has 144 valence electrons. The lowest BCUT2D eigenvalue weighted by Crippen LogP contribution is -2.45. The molecule has 0 unspecified atom stereocenters. The second-order valence-electron chi connectivity index (χ2n) is 6.73. The highest BCUT2D eigenvalue weighted by Gasteiger charge is 2.43. The van der Waals surface area contributed by atoms with Gasteiger partial charge in [0.1, 0.15) is 10.5 Å². The van der Waals surface area contributed by atoms with E-state index < -0.39 is 11.6 Å². The highest BCUT2D eigenvalue weighted by atomic mass is 32.1. The summed E-state index contributed by atoms with van der Waals surface area (Å²) < 4.78 is 11.3. The van der Waals surface area contributed by atoms with Gasteiger partial charge in [-0.25, -0.2) is 4.79 Å². The van der Waals surface area contributed by atoms with Gasteiger partial charge in [-0.1, -0.05) is 5.16 Å². The smallest absolute Gasteiger partial charge is 0.345 e. The van der Waals surface area contributed by atoms with E-state index in [0.717, 1.165) is 42.8 Å². The van der Waals surface area contributed by atoms with Gasteiger partial charge in [0.15, 0.2) is 0 Å². The maximum atomic E-state index is 11.5. The molecule has 0 aromatic carbocycles. The van der Waals surface area contributed by atoms with E-state index in [4.69, 9.17) is 9.26 Å². The Morgan fingerprint density at radius 3 is 2.89 bits per heavy atom. The van der Waals surface area contributed by atoms with Crippen molar-refractivity contribution < 1.29 is 24.0 Å². The van der Waals surface area contributed by atoms with Crippen LogP contribution in [0.2, 0.25) is 0 Å². The van der Waals surface area contributed by atoms with E-state index in [1.165, 1.54) is 18.4 Å².